The van der Waals surface area contributed by atoms with Crippen molar-refractivity contribution in [3.8, 4) is 5.75 Å². The Balaban J connectivity index is 1.92. The summed E-state index contributed by atoms with van der Waals surface area (Å²) < 4.78 is 46.5. The number of hydrogen-bond donors (Lipinski definition) is 1. The van der Waals surface area contributed by atoms with Gasteiger partial charge in [-0.15, -0.1) is 0 Å². The van der Waals surface area contributed by atoms with Crippen LogP contribution in [0, 0.1) is 12.7 Å². The minimum absolute atomic E-state index is 0.0221. The summed E-state index contributed by atoms with van der Waals surface area (Å²) in [6.45, 7) is 3.30. The number of hydrogen-bond acceptors (Lipinski definition) is 6. The van der Waals surface area contributed by atoms with Crippen LogP contribution in [0.3, 0.4) is 0 Å². The van der Waals surface area contributed by atoms with Gasteiger partial charge in [0.15, 0.2) is 5.82 Å². The van der Waals surface area contributed by atoms with Gasteiger partial charge in [-0.3, -0.25) is 9.78 Å². The first kappa shape index (κ1) is 20.4. The maximum atomic E-state index is 14.1. The summed E-state index contributed by atoms with van der Waals surface area (Å²) in [5.41, 5.74) is 0.877. The van der Waals surface area contributed by atoms with Crippen LogP contribution >= 0.6 is 0 Å². The van der Waals surface area contributed by atoms with Crippen LogP contribution in [0.1, 0.15) is 18.2 Å². The molecule has 0 aliphatic carbocycles. The molecule has 0 saturated carbocycles. The highest BCUT2D eigenvalue weighted by molar-refractivity contribution is 7.90. The molecule has 9 heteroatoms. The molecule has 1 amide bonds. The molecule has 0 unspecified atom stereocenters. The highest BCUT2D eigenvalue weighted by atomic mass is 32.2. The molecule has 0 spiro atoms. The number of carbonyl (C=O) groups excluding carboxylic acids is 1. The van der Waals surface area contributed by atoms with Crippen LogP contribution in [0.4, 0.5) is 4.39 Å². The summed E-state index contributed by atoms with van der Waals surface area (Å²) in [6.07, 6.45) is 4.42. The second-order valence-corrected chi connectivity index (χ2v) is 7.78. The van der Waals surface area contributed by atoms with Gasteiger partial charge in [-0.1, -0.05) is 12.1 Å². The second-order valence-electron chi connectivity index (χ2n) is 6.13. The average molecular weight is 415 g/mol. The first-order valence-corrected chi connectivity index (χ1v) is 10.0. The molecule has 1 aromatic carbocycles. The van der Waals surface area contributed by atoms with Crippen LogP contribution in [-0.4, -0.2) is 32.1 Å². The number of aryl methyl sites for hydroxylation is 1. The Morgan fingerprint density at radius 2 is 2.03 bits per heavy atom. The standard InChI is InChI=1S/C20H18FN3O4S/c1-4-13-10-16(23-18(13)19-15(21)6-5-9-22-19)20(25)24-29(26,27)17-11-14(28-3)8-7-12(17)2/h4-11H,1-3H3,(H,24,25)/b13-4+. The Bertz CT molecular complexity index is 1180. The molecule has 150 valence electrons. The fraction of sp³-hybridized carbons (Fsp3) is 0.150. The molecule has 0 bridgehead atoms. The Hall–Kier alpha value is -3.33. The Kier molecular flexibility index (Phi) is 5.60. The zero-order valence-corrected chi connectivity index (χ0v) is 16.7. The monoisotopic (exact) mass is 415 g/mol. The number of carbonyl (C=O) groups is 1. The predicted octanol–water partition coefficient (Wildman–Crippen LogP) is 2.68. The summed E-state index contributed by atoms with van der Waals surface area (Å²) in [5, 5.41) is 0. The molecule has 3 rings (SSSR count). The van der Waals surface area contributed by atoms with E-state index in [0.29, 0.717) is 16.9 Å². The number of amides is 1. The molecule has 0 saturated heterocycles. The highest BCUT2D eigenvalue weighted by Gasteiger charge is 2.27. The average Bonchev–Trinajstić information content (AvgIpc) is 3.12. The predicted molar refractivity (Wildman–Crippen MR) is 106 cm³/mol. The number of sulfonamides is 1. The van der Waals surface area contributed by atoms with E-state index in [4.69, 9.17) is 4.74 Å². The van der Waals surface area contributed by atoms with E-state index in [2.05, 4.69) is 9.98 Å². The normalized spacial score (nSPS) is 15.1. The molecule has 1 aliphatic heterocycles. The summed E-state index contributed by atoms with van der Waals surface area (Å²) in [4.78, 5) is 20.6. The van der Waals surface area contributed by atoms with Crippen LogP contribution < -0.4 is 9.46 Å². The minimum atomic E-state index is -4.17. The molecule has 0 atom stereocenters. The summed E-state index contributed by atoms with van der Waals surface area (Å²) in [6, 6.07) is 7.18. The first-order chi connectivity index (χ1) is 13.8. The number of halogens is 1. The summed E-state index contributed by atoms with van der Waals surface area (Å²) in [5.74, 6) is -1.19. The highest BCUT2D eigenvalue weighted by Crippen LogP contribution is 2.24. The van der Waals surface area contributed by atoms with Crippen molar-refractivity contribution < 1.29 is 22.3 Å². The maximum absolute atomic E-state index is 14.1. The Labute approximate surface area is 167 Å². The van der Waals surface area contributed by atoms with Crippen LogP contribution in [0.5, 0.6) is 5.75 Å². The van der Waals surface area contributed by atoms with Gasteiger partial charge in [0.05, 0.1) is 17.7 Å². The molecule has 0 fully saturated rings. The smallest absolute Gasteiger partial charge is 0.283 e. The number of rotatable bonds is 5. The molecule has 7 nitrogen and oxygen atoms in total. The van der Waals surface area contributed by atoms with Crippen LogP contribution in [0.25, 0.3) is 0 Å². The molecule has 0 radical (unpaired) electrons. The number of aromatic nitrogens is 1. The van der Waals surface area contributed by atoms with Gasteiger partial charge < -0.3 is 4.74 Å². The van der Waals surface area contributed by atoms with Gasteiger partial charge in [-0.25, -0.2) is 22.5 Å². The van der Waals surface area contributed by atoms with Gasteiger partial charge in [0, 0.05) is 17.8 Å². The fourth-order valence-electron chi connectivity index (χ4n) is 2.75. The van der Waals surface area contributed by atoms with Crippen molar-refractivity contribution in [2.75, 3.05) is 7.11 Å². The number of benzene rings is 1. The molecule has 2 heterocycles. The Morgan fingerprint density at radius 3 is 2.69 bits per heavy atom. The van der Waals surface area contributed by atoms with Crippen molar-refractivity contribution in [3.63, 3.8) is 0 Å². The van der Waals surface area contributed by atoms with Crippen molar-refractivity contribution in [1.82, 2.24) is 9.71 Å². The van der Waals surface area contributed by atoms with Gasteiger partial charge in [0.2, 0.25) is 0 Å². The SMILES string of the molecule is C/C=C1\C=C(C(=O)NS(=O)(=O)c2cc(OC)ccc2C)N=C1c1ncccc1F. The molecule has 29 heavy (non-hydrogen) atoms. The van der Waals surface area contributed by atoms with Crippen molar-refractivity contribution >= 4 is 21.6 Å². The van der Waals surface area contributed by atoms with E-state index >= 15 is 0 Å². The van der Waals surface area contributed by atoms with Crippen LogP contribution in [-0.2, 0) is 14.8 Å². The quantitative estimate of drug-likeness (QED) is 0.810. The van der Waals surface area contributed by atoms with E-state index in [9.17, 15) is 17.6 Å². The zero-order valence-electron chi connectivity index (χ0n) is 15.9. The van der Waals surface area contributed by atoms with E-state index in [-0.39, 0.29) is 22.0 Å². The lowest BCUT2D eigenvalue weighted by Gasteiger charge is -2.10. The lowest BCUT2D eigenvalue weighted by Crippen LogP contribution is -2.31. The number of nitrogens with one attached hydrogen (secondary N) is 1. The lowest BCUT2D eigenvalue weighted by molar-refractivity contribution is -0.115. The lowest BCUT2D eigenvalue weighted by atomic mass is 10.1. The first-order valence-electron chi connectivity index (χ1n) is 8.56. The van der Waals surface area contributed by atoms with Crippen molar-refractivity contribution in [2.24, 2.45) is 4.99 Å². The molecular formula is C20H18FN3O4S. The van der Waals surface area contributed by atoms with E-state index in [1.54, 1.807) is 32.1 Å². The van der Waals surface area contributed by atoms with E-state index in [1.807, 2.05) is 4.72 Å². The van der Waals surface area contributed by atoms with E-state index < -0.39 is 21.7 Å². The van der Waals surface area contributed by atoms with Gasteiger partial charge in [-0.05, 0) is 43.7 Å². The Morgan fingerprint density at radius 1 is 1.28 bits per heavy atom. The largest absolute Gasteiger partial charge is 0.497 e. The minimum Gasteiger partial charge on any atom is -0.497 e. The molecule has 1 N–H and O–H groups in total. The third-order valence-corrected chi connectivity index (χ3v) is 5.71. The number of nitrogens with zero attached hydrogens (tertiary/aromatic N) is 2. The topological polar surface area (TPSA) is 97.7 Å². The van der Waals surface area contributed by atoms with Crippen molar-refractivity contribution in [2.45, 2.75) is 18.7 Å². The van der Waals surface area contributed by atoms with Gasteiger partial charge in [-0.2, -0.15) is 0 Å². The van der Waals surface area contributed by atoms with Gasteiger partial charge in [0.25, 0.3) is 15.9 Å². The number of allylic oxidation sites excluding steroid dienone is 3. The number of pyridine rings is 1. The summed E-state index contributed by atoms with van der Waals surface area (Å²) in [7, 11) is -2.76. The summed E-state index contributed by atoms with van der Waals surface area (Å²) >= 11 is 0. The molecule has 2 aromatic rings. The zero-order chi connectivity index (χ0) is 21.2. The number of aliphatic imine (C=N–C) groups is 1. The van der Waals surface area contributed by atoms with E-state index in [1.165, 1.54) is 37.6 Å². The van der Waals surface area contributed by atoms with Crippen molar-refractivity contribution in [3.05, 3.63) is 77.0 Å². The van der Waals surface area contributed by atoms with E-state index in [0.717, 1.165) is 0 Å². The fourth-order valence-corrected chi connectivity index (χ4v) is 3.97. The third-order valence-electron chi connectivity index (χ3n) is 4.24. The molecular weight excluding hydrogens is 397 g/mol. The van der Waals surface area contributed by atoms with Gasteiger partial charge in [0.1, 0.15) is 17.1 Å². The third kappa shape index (κ3) is 4.09. The number of ether oxygens (including phenoxy) is 1. The number of methoxy groups -OCH3 is 1. The molecule has 1 aromatic heterocycles. The molecule has 1 aliphatic rings. The van der Waals surface area contributed by atoms with Crippen LogP contribution in [0.2, 0.25) is 0 Å². The second kappa shape index (κ2) is 7.96. The van der Waals surface area contributed by atoms with Crippen LogP contribution in [0.15, 0.2) is 69.8 Å². The maximum Gasteiger partial charge on any atom is 0.283 e. The van der Waals surface area contributed by atoms with Crippen molar-refractivity contribution in [1.29, 1.82) is 0 Å². The van der Waals surface area contributed by atoms with Gasteiger partial charge >= 0.3 is 0 Å².